The summed E-state index contributed by atoms with van der Waals surface area (Å²) >= 11 is 0. The molecule has 0 aromatic carbocycles. The SMILES string of the molecule is CCN(CC)CCCOc1ccc2c(n1)N2C(=O)c1n[nH]c2c1CCCC2. The smallest absolute Gasteiger partial charge is 0.284 e. The minimum Gasteiger partial charge on any atom is -0.478 e. The van der Waals surface area contributed by atoms with Gasteiger partial charge < -0.3 is 9.64 Å². The number of anilines is 2. The number of carbonyl (C=O) groups excluding carboxylic acids is 1. The second kappa shape index (κ2) is 7.68. The summed E-state index contributed by atoms with van der Waals surface area (Å²) in [6, 6.07) is 3.74. The van der Waals surface area contributed by atoms with Gasteiger partial charge in [0.05, 0.1) is 12.3 Å². The molecule has 0 radical (unpaired) electrons. The first-order chi connectivity index (χ1) is 13.2. The molecule has 3 heterocycles. The Labute approximate surface area is 159 Å². The van der Waals surface area contributed by atoms with Gasteiger partial charge in [-0.3, -0.25) is 14.8 Å². The third-order valence-electron chi connectivity index (χ3n) is 5.46. The summed E-state index contributed by atoms with van der Waals surface area (Å²) in [7, 11) is 0. The normalized spacial score (nSPS) is 14.9. The van der Waals surface area contributed by atoms with Gasteiger partial charge in [0.2, 0.25) is 5.88 Å². The van der Waals surface area contributed by atoms with Crippen molar-refractivity contribution in [1.82, 2.24) is 20.1 Å². The van der Waals surface area contributed by atoms with Gasteiger partial charge in [0.25, 0.3) is 5.91 Å². The average Bonchev–Trinajstić information content (AvgIpc) is 3.25. The largest absolute Gasteiger partial charge is 0.478 e. The fourth-order valence-electron chi connectivity index (χ4n) is 3.77. The minimum absolute atomic E-state index is 0.0874. The zero-order valence-corrected chi connectivity index (χ0v) is 16.1. The Kier molecular flexibility index (Phi) is 5.11. The van der Waals surface area contributed by atoms with Crippen LogP contribution in [-0.2, 0) is 12.8 Å². The highest BCUT2D eigenvalue weighted by molar-refractivity contribution is 6.20. The zero-order valence-electron chi connectivity index (χ0n) is 16.1. The molecule has 1 aliphatic heterocycles. The molecule has 0 saturated heterocycles. The number of nitrogens with one attached hydrogen (secondary N) is 1. The van der Waals surface area contributed by atoms with Crippen LogP contribution in [-0.4, -0.2) is 52.2 Å². The molecule has 7 heteroatoms. The fourth-order valence-corrected chi connectivity index (χ4v) is 3.77. The lowest BCUT2D eigenvalue weighted by atomic mass is 9.96. The number of pyridine rings is 1. The van der Waals surface area contributed by atoms with Gasteiger partial charge in [0.1, 0.15) is 0 Å². The third-order valence-corrected chi connectivity index (χ3v) is 5.46. The van der Waals surface area contributed by atoms with E-state index in [1.165, 1.54) is 0 Å². The van der Waals surface area contributed by atoms with Gasteiger partial charge in [-0.05, 0) is 51.3 Å². The number of aromatic nitrogens is 3. The Morgan fingerprint density at radius 1 is 1.26 bits per heavy atom. The molecule has 0 fully saturated rings. The number of aromatic amines is 1. The van der Waals surface area contributed by atoms with Crippen LogP contribution >= 0.6 is 0 Å². The van der Waals surface area contributed by atoms with Gasteiger partial charge >= 0.3 is 0 Å². The number of rotatable bonds is 8. The first-order valence-electron chi connectivity index (χ1n) is 9.99. The second-order valence-corrected chi connectivity index (χ2v) is 7.10. The quantitative estimate of drug-likeness (QED) is 0.572. The van der Waals surface area contributed by atoms with E-state index >= 15 is 0 Å². The maximum Gasteiger partial charge on any atom is 0.284 e. The lowest BCUT2D eigenvalue weighted by Crippen LogP contribution is -2.25. The number of aryl methyl sites for hydroxylation is 1. The maximum atomic E-state index is 12.9. The van der Waals surface area contributed by atoms with E-state index in [4.69, 9.17) is 4.74 Å². The molecule has 1 aliphatic carbocycles. The van der Waals surface area contributed by atoms with Crippen molar-refractivity contribution in [3.8, 4) is 5.88 Å². The summed E-state index contributed by atoms with van der Waals surface area (Å²) in [6.07, 6.45) is 5.13. The number of hydrogen-bond acceptors (Lipinski definition) is 5. The molecule has 144 valence electrons. The topological polar surface area (TPSA) is 74.1 Å². The van der Waals surface area contributed by atoms with Crippen molar-refractivity contribution in [2.24, 2.45) is 0 Å². The van der Waals surface area contributed by atoms with Crippen molar-refractivity contribution in [3.63, 3.8) is 0 Å². The number of amides is 1. The first kappa shape index (κ1) is 18.0. The van der Waals surface area contributed by atoms with Crippen LogP contribution in [0.25, 0.3) is 0 Å². The molecule has 1 N–H and O–H groups in total. The molecule has 2 aromatic rings. The van der Waals surface area contributed by atoms with Crippen LogP contribution in [0, 0.1) is 0 Å². The van der Waals surface area contributed by atoms with Gasteiger partial charge in [-0.2, -0.15) is 10.1 Å². The van der Waals surface area contributed by atoms with Crippen molar-refractivity contribution in [3.05, 3.63) is 29.1 Å². The maximum absolute atomic E-state index is 12.9. The number of H-pyrrole nitrogens is 1. The molecule has 2 aromatic heterocycles. The molecule has 0 unspecified atom stereocenters. The number of nitrogens with zero attached hydrogens (tertiary/aromatic N) is 4. The molecule has 0 atom stereocenters. The zero-order chi connectivity index (χ0) is 18.8. The molecule has 0 spiro atoms. The van der Waals surface area contributed by atoms with E-state index in [9.17, 15) is 4.79 Å². The van der Waals surface area contributed by atoms with E-state index in [2.05, 4.69) is 33.9 Å². The van der Waals surface area contributed by atoms with Gasteiger partial charge in [0.15, 0.2) is 11.5 Å². The summed E-state index contributed by atoms with van der Waals surface area (Å²) in [5, 5.41) is 7.31. The van der Waals surface area contributed by atoms with E-state index in [0.717, 1.165) is 68.7 Å². The van der Waals surface area contributed by atoms with Crippen molar-refractivity contribution in [2.45, 2.75) is 46.0 Å². The monoisotopic (exact) mass is 369 g/mol. The second-order valence-electron chi connectivity index (χ2n) is 7.10. The summed E-state index contributed by atoms with van der Waals surface area (Å²) in [5.41, 5.74) is 3.59. The number of hydrogen-bond donors (Lipinski definition) is 1. The molecule has 0 bridgehead atoms. The highest BCUT2D eigenvalue weighted by atomic mass is 16.5. The fraction of sp³-hybridized carbons (Fsp3) is 0.550. The molecule has 7 nitrogen and oxygen atoms in total. The van der Waals surface area contributed by atoms with Crippen LogP contribution in [0.2, 0.25) is 0 Å². The summed E-state index contributed by atoms with van der Waals surface area (Å²) in [6.45, 7) is 8.10. The summed E-state index contributed by atoms with van der Waals surface area (Å²) in [5.74, 6) is 1.18. The first-order valence-corrected chi connectivity index (χ1v) is 9.99. The molecule has 27 heavy (non-hydrogen) atoms. The molecule has 4 rings (SSSR count). The van der Waals surface area contributed by atoms with Crippen molar-refractivity contribution < 1.29 is 9.53 Å². The Bertz CT molecular complexity index is 828. The lowest BCUT2D eigenvalue weighted by Gasteiger charge is -2.17. The Hall–Kier alpha value is -2.41. The van der Waals surface area contributed by atoms with Crippen LogP contribution in [0.15, 0.2) is 12.1 Å². The van der Waals surface area contributed by atoms with Gasteiger partial charge in [0, 0.05) is 23.9 Å². The van der Waals surface area contributed by atoms with Gasteiger partial charge in [-0.15, -0.1) is 0 Å². The molecule has 2 aliphatic rings. The number of fused-ring (bicyclic) bond motifs is 2. The van der Waals surface area contributed by atoms with E-state index in [1.807, 2.05) is 12.1 Å². The highest BCUT2D eigenvalue weighted by Crippen LogP contribution is 2.48. The standard InChI is InChI=1S/C20H27N5O2/c1-3-24(4-2)12-7-13-27-17-11-10-16-19(21-17)25(16)20(26)18-14-8-5-6-9-15(14)22-23-18/h10-11H,3-9,12-13H2,1-2H3,(H,22,23). The summed E-state index contributed by atoms with van der Waals surface area (Å²) < 4.78 is 5.77. The molecule has 1 amide bonds. The van der Waals surface area contributed by atoms with Gasteiger partial charge in [-0.1, -0.05) is 13.8 Å². The van der Waals surface area contributed by atoms with Crippen molar-refractivity contribution >= 4 is 17.4 Å². The Morgan fingerprint density at radius 3 is 2.89 bits per heavy atom. The Morgan fingerprint density at radius 2 is 2.07 bits per heavy atom. The third kappa shape index (κ3) is 3.56. The average molecular weight is 369 g/mol. The molecular formula is C20H27N5O2. The number of ether oxygens (including phenoxy) is 1. The van der Waals surface area contributed by atoms with Crippen LogP contribution in [0.3, 0.4) is 0 Å². The Balaban J connectivity index is 1.35. The lowest BCUT2D eigenvalue weighted by molar-refractivity contribution is 0.100. The van der Waals surface area contributed by atoms with Crippen molar-refractivity contribution in [1.29, 1.82) is 0 Å². The van der Waals surface area contributed by atoms with E-state index in [1.54, 1.807) is 4.90 Å². The van der Waals surface area contributed by atoms with Crippen LogP contribution in [0.4, 0.5) is 11.5 Å². The van der Waals surface area contributed by atoms with Crippen LogP contribution < -0.4 is 9.64 Å². The molecule has 0 saturated carbocycles. The predicted molar refractivity (Wildman–Crippen MR) is 104 cm³/mol. The predicted octanol–water partition coefficient (Wildman–Crippen LogP) is 3.09. The molecular weight excluding hydrogens is 342 g/mol. The van der Waals surface area contributed by atoms with E-state index < -0.39 is 0 Å². The minimum atomic E-state index is -0.0874. The van der Waals surface area contributed by atoms with E-state index in [-0.39, 0.29) is 5.91 Å². The highest BCUT2D eigenvalue weighted by Gasteiger charge is 2.40. The van der Waals surface area contributed by atoms with E-state index in [0.29, 0.717) is 24.0 Å². The summed E-state index contributed by atoms with van der Waals surface area (Å²) in [4.78, 5) is 21.3. The van der Waals surface area contributed by atoms with Gasteiger partial charge in [-0.25, -0.2) is 0 Å². The van der Waals surface area contributed by atoms with Crippen LogP contribution in [0.5, 0.6) is 5.88 Å². The van der Waals surface area contributed by atoms with Crippen LogP contribution in [0.1, 0.15) is 54.9 Å². The van der Waals surface area contributed by atoms with Crippen molar-refractivity contribution in [2.75, 3.05) is 31.1 Å². The number of carbonyl (C=O) groups is 1.